The van der Waals surface area contributed by atoms with Gasteiger partial charge in [0, 0.05) is 18.8 Å². The molecule has 1 aliphatic rings. The predicted octanol–water partition coefficient (Wildman–Crippen LogP) is 2.35. The fourth-order valence-corrected chi connectivity index (χ4v) is 2.92. The number of hydrogen-bond acceptors (Lipinski definition) is 3. The summed E-state index contributed by atoms with van der Waals surface area (Å²) in [4.78, 5) is 4.87. The topological polar surface area (TPSA) is 32.5 Å². The highest BCUT2D eigenvalue weighted by molar-refractivity contribution is 5.49. The van der Waals surface area contributed by atoms with Crippen LogP contribution in [0.4, 0.5) is 5.69 Å². The third-order valence-electron chi connectivity index (χ3n) is 4.34. The van der Waals surface area contributed by atoms with Crippen molar-refractivity contribution in [3.8, 4) is 0 Å². The van der Waals surface area contributed by atoms with E-state index < -0.39 is 0 Å². The molecule has 0 aliphatic carbocycles. The predicted molar refractivity (Wildman–Crippen MR) is 82.1 cm³/mol. The van der Waals surface area contributed by atoms with Gasteiger partial charge in [0.05, 0.1) is 0 Å². The van der Waals surface area contributed by atoms with Crippen molar-refractivity contribution in [2.45, 2.75) is 26.3 Å². The van der Waals surface area contributed by atoms with Crippen molar-refractivity contribution in [3.05, 3.63) is 29.3 Å². The Labute approximate surface area is 117 Å². The minimum Gasteiger partial charge on any atom is -0.399 e. The number of piperidine rings is 1. The van der Waals surface area contributed by atoms with Gasteiger partial charge in [0.15, 0.2) is 0 Å². The van der Waals surface area contributed by atoms with Gasteiger partial charge in [0.25, 0.3) is 0 Å². The molecular weight excluding hydrogens is 234 g/mol. The average molecular weight is 261 g/mol. The largest absolute Gasteiger partial charge is 0.399 e. The maximum Gasteiger partial charge on any atom is 0.0346 e. The van der Waals surface area contributed by atoms with E-state index in [-0.39, 0.29) is 0 Å². The van der Waals surface area contributed by atoms with Gasteiger partial charge in [-0.25, -0.2) is 0 Å². The van der Waals surface area contributed by atoms with Gasteiger partial charge >= 0.3 is 0 Å². The standard InChI is InChI=1S/C16H27N3/c1-13-15(5-4-6-16(13)17)12-19(3)11-14-7-9-18(2)10-8-14/h4-6,14H,7-12,17H2,1-3H3. The molecular formula is C16H27N3. The van der Waals surface area contributed by atoms with Crippen molar-refractivity contribution in [1.82, 2.24) is 9.80 Å². The summed E-state index contributed by atoms with van der Waals surface area (Å²) in [5.41, 5.74) is 9.47. The van der Waals surface area contributed by atoms with Crippen molar-refractivity contribution < 1.29 is 0 Å². The highest BCUT2D eigenvalue weighted by Crippen LogP contribution is 2.20. The third kappa shape index (κ3) is 3.95. The molecule has 1 aromatic carbocycles. The maximum absolute atomic E-state index is 5.97. The van der Waals surface area contributed by atoms with Crippen LogP contribution in [0.25, 0.3) is 0 Å². The molecule has 2 rings (SSSR count). The first-order chi connectivity index (χ1) is 9.06. The second-order valence-electron chi connectivity index (χ2n) is 6.07. The SMILES string of the molecule is Cc1c(N)cccc1CN(C)CC1CCN(C)CC1. The zero-order valence-electron chi connectivity index (χ0n) is 12.5. The lowest BCUT2D eigenvalue weighted by Crippen LogP contribution is -2.35. The summed E-state index contributed by atoms with van der Waals surface area (Å²) in [7, 11) is 4.44. The number of rotatable bonds is 4. The van der Waals surface area contributed by atoms with Crippen LogP contribution in [0.15, 0.2) is 18.2 Å². The monoisotopic (exact) mass is 261 g/mol. The molecule has 1 aromatic rings. The van der Waals surface area contributed by atoms with Gasteiger partial charge in [0.2, 0.25) is 0 Å². The van der Waals surface area contributed by atoms with Crippen LogP contribution in [0.1, 0.15) is 24.0 Å². The number of hydrogen-bond donors (Lipinski definition) is 1. The van der Waals surface area contributed by atoms with Gasteiger partial charge in [-0.05, 0) is 70.1 Å². The third-order valence-corrected chi connectivity index (χ3v) is 4.34. The van der Waals surface area contributed by atoms with Crippen LogP contribution in [0.3, 0.4) is 0 Å². The summed E-state index contributed by atoms with van der Waals surface area (Å²) in [6, 6.07) is 6.23. The molecule has 106 valence electrons. The first-order valence-corrected chi connectivity index (χ1v) is 7.27. The lowest BCUT2D eigenvalue weighted by atomic mass is 9.96. The van der Waals surface area contributed by atoms with Crippen LogP contribution in [0.2, 0.25) is 0 Å². The molecule has 0 saturated carbocycles. The second kappa shape index (κ2) is 6.40. The fraction of sp³-hybridized carbons (Fsp3) is 0.625. The van der Waals surface area contributed by atoms with E-state index in [4.69, 9.17) is 5.73 Å². The lowest BCUT2D eigenvalue weighted by Gasteiger charge is -2.31. The number of nitrogen functional groups attached to an aromatic ring is 1. The molecule has 0 atom stereocenters. The quantitative estimate of drug-likeness (QED) is 0.845. The minimum atomic E-state index is 0.850. The first-order valence-electron chi connectivity index (χ1n) is 7.27. The first kappa shape index (κ1) is 14.4. The Hall–Kier alpha value is -1.06. The number of nitrogens with zero attached hydrogens (tertiary/aromatic N) is 2. The second-order valence-corrected chi connectivity index (χ2v) is 6.07. The molecule has 0 spiro atoms. The van der Waals surface area contributed by atoms with Gasteiger partial charge in [-0.1, -0.05) is 12.1 Å². The lowest BCUT2D eigenvalue weighted by molar-refractivity contribution is 0.173. The molecule has 0 aromatic heterocycles. The van der Waals surface area contributed by atoms with E-state index in [1.165, 1.54) is 43.6 Å². The number of likely N-dealkylation sites (tertiary alicyclic amines) is 1. The highest BCUT2D eigenvalue weighted by Gasteiger charge is 2.18. The Kier molecular flexibility index (Phi) is 4.83. The van der Waals surface area contributed by atoms with Gasteiger partial charge in [0.1, 0.15) is 0 Å². The Balaban J connectivity index is 1.87. The normalized spacial score (nSPS) is 18.1. The molecule has 0 unspecified atom stereocenters. The molecule has 1 fully saturated rings. The van der Waals surface area contributed by atoms with Crippen molar-refractivity contribution in [2.75, 3.05) is 39.5 Å². The van der Waals surface area contributed by atoms with Crippen molar-refractivity contribution in [2.24, 2.45) is 5.92 Å². The zero-order chi connectivity index (χ0) is 13.8. The Morgan fingerprint density at radius 1 is 1.32 bits per heavy atom. The molecule has 3 heteroatoms. The van der Waals surface area contributed by atoms with Gasteiger partial charge in [-0.2, -0.15) is 0 Å². The molecule has 19 heavy (non-hydrogen) atoms. The Morgan fingerprint density at radius 3 is 2.68 bits per heavy atom. The average Bonchev–Trinajstić information content (AvgIpc) is 2.38. The van der Waals surface area contributed by atoms with E-state index in [9.17, 15) is 0 Å². The van der Waals surface area contributed by atoms with Crippen LogP contribution < -0.4 is 5.73 Å². The smallest absolute Gasteiger partial charge is 0.0346 e. The molecule has 3 nitrogen and oxygen atoms in total. The minimum absolute atomic E-state index is 0.850. The molecule has 0 bridgehead atoms. The summed E-state index contributed by atoms with van der Waals surface area (Å²) in [5.74, 6) is 0.850. The van der Waals surface area contributed by atoms with E-state index in [0.29, 0.717) is 0 Å². The van der Waals surface area contributed by atoms with Crippen molar-refractivity contribution in [1.29, 1.82) is 0 Å². The summed E-state index contributed by atoms with van der Waals surface area (Å²) >= 11 is 0. The summed E-state index contributed by atoms with van der Waals surface area (Å²) in [6.45, 7) is 6.81. The van der Waals surface area contributed by atoms with E-state index in [1.54, 1.807) is 0 Å². The summed E-state index contributed by atoms with van der Waals surface area (Å²) in [6.07, 6.45) is 2.66. The molecule has 1 heterocycles. The highest BCUT2D eigenvalue weighted by atomic mass is 15.1. The van der Waals surface area contributed by atoms with Crippen LogP contribution in [0, 0.1) is 12.8 Å². The zero-order valence-corrected chi connectivity index (χ0v) is 12.5. The van der Waals surface area contributed by atoms with Crippen LogP contribution in [0.5, 0.6) is 0 Å². The Bertz CT molecular complexity index is 408. The van der Waals surface area contributed by atoms with Gasteiger partial charge in [-0.3, -0.25) is 0 Å². The van der Waals surface area contributed by atoms with E-state index in [1.807, 2.05) is 6.07 Å². The van der Waals surface area contributed by atoms with E-state index >= 15 is 0 Å². The Morgan fingerprint density at radius 2 is 2.00 bits per heavy atom. The summed E-state index contributed by atoms with van der Waals surface area (Å²) in [5, 5.41) is 0. The number of nitrogens with two attached hydrogens (primary N) is 1. The van der Waals surface area contributed by atoms with E-state index in [2.05, 4.69) is 43.0 Å². The molecule has 2 N–H and O–H groups in total. The van der Waals surface area contributed by atoms with E-state index in [0.717, 1.165) is 18.2 Å². The number of benzene rings is 1. The molecule has 1 saturated heterocycles. The number of anilines is 1. The van der Waals surface area contributed by atoms with Crippen LogP contribution >= 0.6 is 0 Å². The maximum atomic E-state index is 5.97. The molecule has 0 amide bonds. The van der Waals surface area contributed by atoms with Crippen molar-refractivity contribution in [3.63, 3.8) is 0 Å². The fourth-order valence-electron chi connectivity index (χ4n) is 2.92. The summed E-state index contributed by atoms with van der Waals surface area (Å²) < 4.78 is 0. The van der Waals surface area contributed by atoms with Crippen molar-refractivity contribution >= 4 is 5.69 Å². The molecule has 1 aliphatic heterocycles. The van der Waals surface area contributed by atoms with Crippen LogP contribution in [-0.2, 0) is 6.54 Å². The van der Waals surface area contributed by atoms with Crippen LogP contribution in [-0.4, -0.2) is 43.5 Å². The van der Waals surface area contributed by atoms with Gasteiger partial charge < -0.3 is 15.5 Å². The molecule has 0 radical (unpaired) electrons. The van der Waals surface area contributed by atoms with Gasteiger partial charge in [-0.15, -0.1) is 0 Å².